The Morgan fingerprint density at radius 1 is 1.44 bits per heavy atom. The van der Waals surface area contributed by atoms with E-state index in [1.165, 1.54) is 0 Å². The van der Waals surface area contributed by atoms with Gasteiger partial charge < -0.3 is 10.3 Å². The Labute approximate surface area is 107 Å². The van der Waals surface area contributed by atoms with Crippen LogP contribution in [-0.4, -0.2) is 9.55 Å². The Bertz CT molecular complexity index is 592. The smallest absolute Gasteiger partial charge is 0.201 e. The highest BCUT2D eigenvalue weighted by Gasteiger charge is 2.17. The number of benzene rings is 1. The molecule has 1 aromatic carbocycles. The van der Waals surface area contributed by atoms with Gasteiger partial charge in [-0.15, -0.1) is 0 Å². The van der Waals surface area contributed by atoms with Gasteiger partial charge in [-0.3, -0.25) is 0 Å². The van der Waals surface area contributed by atoms with Crippen molar-refractivity contribution in [2.24, 2.45) is 0 Å². The van der Waals surface area contributed by atoms with E-state index in [-0.39, 0.29) is 0 Å². The zero-order valence-electron chi connectivity index (χ0n) is 10.8. The number of nitrogens with two attached hydrogens (primary N) is 1. The molecule has 0 aliphatic heterocycles. The minimum Gasteiger partial charge on any atom is -0.369 e. The zero-order chi connectivity index (χ0) is 13.1. The molecular formula is C14H18N4. The third-order valence-corrected chi connectivity index (χ3v) is 3.33. The Hall–Kier alpha value is -2.02. The standard InChI is InChI=1S/C14H18N4/c1-3-6-11(4-2)18-12-8-5-7-10(9-15)13(12)17-14(18)16/h5,7-8,11H,3-4,6H2,1-2H3,(H2,16,17). The summed E-state index contributed by atoms with van der Waals surface area (Å²) in [6.07, 6.45) is 3.19. The molecule has 0 aliphatic carbocycles. The highest BCUT2D eigenvalue weighted by molar-refractivity contribution is 5.84. The van der Waals surface area contributed by atoms with Gasteiger partial charge in [0.1, 0.15) is 11.6 Å². The predicted octanol–water partition coefficient (Wildman–Crippen LogP) is 3.24. The number of nitrogen functional groups attached to an aromatic ring is 1. The first kappa shape index (κ1) is 12.4. The van der Waals surface area contributed by atoms with E-state index in [2.05, 4.69) is 29.5 Å². The first-order chi connectivity index (χ1) is 8.72. The van der Waals surface area contributed by atoms with Gasteiger partial charge in [-0.05, 0) is 25.0 Å². The molecule has 1 atom stereocenters. The van der Waals surface area contributed by atoms with Gasteiger partial charge in [0.05, 0.1) is 11.1 Å². The van der Waals surface area contributed by atoms with E-state index in [9.17, 15) is 0 Å². The van der Waals surface area contributed by atoms with Gasteiger partial charge >= 0.3 is 0 Å². The summed E-state index contributed by atoms with van der Waals surface area (Å²) in [6.45, 7) is 4.32. The molecule has 0 bridgehead atoms. The summed E-state index contributed by atoms with van der Waals surface area (Å²) in [5.41, 5.74) is 8.29. The minimum absolute atomic E-state index is 0.356. The lowest BCUT2D eigenvalue weighted by Gasteiger charge is -2.18. The SMILES string of the molecule is CCCC(CC)n1c(N)nc2c(C#N)cccc21. The normalized spacial score (nSPS) is 12.5. The van der Waals surface area contributed by atoms with Crippen LogP contribution in [0.1, 0.15) is 44.7 Å². The van der Waals surface area contributed by atoms with Crippen molar-refractivity contribution in [2.45, 2.75) is 39.2 Å². The van der Waals surface area contributed by atoms with Crippen molar-refractivity contribution in [3.05, 3.63) is 23.8 Å². The van der Waals surface area contributed by atoms with E-state index < -0.39 is 0 Å². The third-order valence-electron chi connectivity index (χ3n) is 3.33. The Morgan fingerprint density at radius 2 is 2.22 bits per heavy atom. The second-order valence-corrected chi connectivity index (χ2v) is 4.48. The quantitative estimate of drug-likeness (QED) is 0.894. The lowest BCUT2D eigenvalue weighted by Crippen LogP contribution is -2.11. The number of anilines is 1. The fourth-order valence-electron chi connectivity index (χ4n) is 2.46. The molecule has 0 fully saturated rings. The summed E-state index contributed by atoms with van der Waals surface area (Å²) in [7, 11) is 0. The van der Waals surface area contributed by atoms with Crippen LogP contribution in [0.3, 0.4) is 0 Å². The van der Waals surface area contributed by atoms with Crippen LogP contribution in [0.15, 0.2) is 18.2 Å². The molecule has 0 saturated carbocycles. The average Bonchev–Trinajstić information content (AvgIpc) is 2.72. The van der Waals surface area contributed by atoms with Crippen LogP contribution in [0.25, 0.3) is 11.0 Å². The van der Waals surface area contributed by atoms with Crippen LogP contribution in [0.2, 0.25) is 0 Å². The van der Waals surface area contributed by atoms with Crippen LogP contribution in [0, 0.1) is 11.3 Å². The number of aromatic nitrogens is 2. The highest BCUT2D eigenvalue weighted by atomic mass is 15.2. The van der Waals surface area contributed by atoms with Crippen molar-refractivity contribution in [3.8, 4) is 6.07 Å². The van der Waals surface area contributed by atoms with Crippen LogP contribution in [0.4, 0.5) is 5.95 Å². The molecule has 18 heavy (non-hydrogen) atoms. The largest absolute Gasteiger partial charge is 0.369 e. The zero-order valence-corrected chi connectivity index (χ0v) is 10.8. The number of nitrogens with zero attached hydrogens (tertiary/aromatic N) is 3. The van der Waals surface area contributed by atoms with Gasteiger partial charge in [0.25, 0.3) is 0 Å². The number of imidazole rings is 1. The van der Waals surface area contributed by atoms with E-state index in [4.69, 9.17) is 11.0 Å². The number of hydrogen-bond acceptors (Lipinski definition) is 3. The van der Waals surface area contributed by atoms with E-state index in [1.54, 1.807) is 6.07 Å². The van der Waals surface area contributed by atoms with Crippen molar-refractivity contribution in [3.63, 3.8) is 0 Å². The summed E-state index contributed by atoms with van der Waals surface area (Å²) in [5.74, 6) is 0.507. The van der Waals surface area contributed by atoms with E-state index in [0.717, 1.165) is 24.8 Å². The van der Waals surface area contributed by atoms with Gasteiger partial charge in [0.2, 0.25) is 5.95 Å². The molecule has 2 N–H and O–H groups in total. The summed E-state index contributed by atoms with van der Waals surface area (Å²) in [6, 6.07) is 8.17. The molecule has 0 radical (unpaired) electrons. The molecule has 4 heteroatoms. The van der Waals surface area contributed by atoms with Crippen LogP contribution in [-0.2, 0) is 0 Å². The van der Waals surface area contributed by atoms with Crippen LogP contribution < -0.4 is 5.73 Å². The average molecular weight is 242 g/mol. The van der Waals surface area contributed by atoms with Crippen molar-refractivity contribution in [1.29, 1.82) is 5.26 Å². The lowest BCUT2D eigenvalue weighted by molar-refractivity contribution is 0.463. The first-order valence-electron chi connectivity index (χ1n) is 6.39. The number of rotatable bonds is 4. The van der Waals surface area contributed by atoms with Gasteiger partial charge in [0, 0.05) is 6.04 Å². The maximum absolute atomic E-state index is 9.09. The van der Waals surface area contributed by atoms with Crippen molar-refractivity contribution in [1.82, 2.24) is 9.55 Å². The Morgan fingerprint density at radius 3 is 2.83 bits per heavy atom. The third kappa shape index (κ3) is 1.92. The first-order valence-corrected chi connectivity index (χ1v) is 6.39. The van der Waals surface area contributed by atoms with Gasteiger partial charge in [-0.1, -0.05) is 26.3 Å². The summed E-state index contributed by atoms with van der Waals surface area (Å²) in [4.78, 5) is 4.35. The van der Waals surface area contributed by atoms with Crippen molar-refractivity contribution >= 4 is 17.0 Å². The number of hydrogen-bond donors (Lipinski definition) is 1. The Balaban J connectivity index is 2.64. The van der Waals surface area contributed by atoms with E-state index in [0.29, 0.717) is 23.1 Å². The van der Waals surface area contributed by atoms with Crippen molar-refractivity contribution in [2.75, 3.05) is 5.73 Å². The maximum Gasteiger partial charge on any atom is 0.201 e. The van der Waals surface area contributed by atoms with Crippen LogP contribution in [0.5, 0.6) is 0 Å². The highest BCUT2D eigenvalue weighted by Crippen LogP contribution is 2.29. The predicted molar refractivity (Wildman–Crippen MR) is 73.1 cm³/mol. The molecular weight excluding hydrogens is 224 g/mol. The second-order valence-electron chi connectivity index (χ2n) is 4.48. The van der Waals surface area contributed by atoms with Crippen molar-refractivity contribution < 1.29 is 0 Å². The molecule has 94 valence electrons. The number of nitriles is 1. The van der Waals surface area contributed by atoms with Gasteiger partial charge in [-0.25, -0.2) is 4.98 Å². The fourth-order valence-corrected chi connectivity index (χ4v) is 2.46. The Kier molecular flexibility index (Phi) is 3.52. The molecule has 0 aliphatic rings. The molecule has 1 aromatic heterocycles. The summed E-state index contributed by atoms with van der Waals surface area (Å²) in [5, 5.41) is 9.09. The molecule has 1 unspecified atom stereocenters. The molecule has 0 amide bonds. The fraction of sp³-hybridized carbons (Fsp3) is 0.429. The molecule has 1 heterocycles. The van der Waals surface area contributed by atoms with E-state index in [1.807, 2.05) is 12.1 Å². The molecule has 0 saturated heterocycles. The number of para-hydroxylation sites is 1. The lowest BCUT2D eigenvalue weighted by atomic mass is 10.1. The van der Waals surface area contributed by atoms with Crippen LogP contribution >= 0.6 is 0 Å². The molecule has 0 spiro atoms. The molecule has 2 rings (SSSR count). The second kappa shape index (κ2) is 5.09. The monoisotopic (exact) mass is 242 g/mol. The van der Waals surface area contributed by atoms with E-state index >= 15 is 0 Å². The molecule has 4 nitrogen and oxygen atoms in total. The maximum atomic E-state index is 9.09. The topological polar surface area (TPSA) is 67.6 Å². The minimum atomic E-state index is 0.356. The summed E-state index contributed by atoms with van der Waals surface area (Å²) < 4.78 is 2.07. The van der Waals surface area contributed by atoms with Gasteiger partial charge in [-0.2, -0.15) is 5.26 Å². The summed E-state index contributed by atoms with van der Waals surface area (Å²) >= 11 is 0. The molecule has 2 aromatic rings. The number of fused-ring (bicyclic) bond motifs is 1. The van der Waals surface area contributed by atoms with Gasteiger partial charge in [0.15, 0.2) is 0 Å².